The van der Waals surface area contributed by atoms with Crippen LogP contribution in [-0.2, 0) is 9.53 Å². The number of hydrogen-bond donors (Lipinski definition) is 1. The maximum Gasteiger partial charge on any atom is 0.231 e. The number of hydrazine groups is 1. The fraction of sp³-hybridized carbons (Fsp3) is 0.478. The van der Waals surface area contributed by atoms with Gasteiger partial charge in [0.15, 0.2) is 17.3 Å². The van der Waals surface area contributed by atoms with E-state index >= 15 is 0 Å². The number of allylic oxidation sites excluding steroid dienone is 3. The molecule has 0 amide bonds. The summed E-state index contributed by atoms with van der Waals surface area (Å²) in [5.41, 5.74) is 9.21. The molecule has 162 valence electrons. The Morgan fingerprint density at radius 1 is 1.16 bits per heavy atom. The molecule has 2 N–H and O–H groups in total. The molecule has 8 nitrogen and oxygen atoms in total. The number of Topliss-reactive ketones (excluding diaryl/α,β-unsaturated/α-hetero) is 1. The van der Waals surface area contributed by atoms with E-state index in [1.165, 1.54) is 0 Å². The van der Waals surface area contributed by atoms with Crippen LogP contribution >= 0.6 is 0 Å². The van der Waals surface area contributed by atoms with Gasteiger partial charge in [0.25, 0.3) is 0 Å². The molecule has 1 atom stereocenters. The molecule has 1 unspecified atom stereocenters. The molecule has 3 aliphatic heterocycles. The number of fused-ring (bicyclic) bond motifs is 1. The number of carbonyl (C=O) groups excluding carboxylic acids is 1. The van der Waals surface area contributed by atoms with Gasteiger partial charge in [-0.15, -0.1) is 0 Å². The molecule has 0 spiro atoms. The van der Waals surface area contributed by atoms with Crippen molar-refractivity contribution >= 4 is 5.78 Å². The predicted molar refractivity (Wildman–Crippen MR) is 111 cm³/mol. The van der Waals surface area contributed by atoms with Crippen molar-refractivity contribution in [1.82, 2.24) is 10.0 Å². The van der Waals surface area contributed by atoms with Gasteiger partial charge in [-0.3, -0.25) is 9.80 Å². The van der Waals surface area contributed by atoms with Gasteiger partial charge in [-0.05, 0) is 29.5 Å². The molecular formula is C23H26N4O4. The lowest BCUT2D eigenvalue weighted by molar-refractivity contribution is -0.119. The van der Waals surface area contributed by atoms with Crippen LogP contribution in [0.4, 0.5) is 0 Å². The SMILES string of the molecule is CC1(C)CC(=O)C2=C(C1)N(N1CCOCC1)C(N)=C(C#N)C2c1ccc2c(c1)OCO2. The quantitative estimate of drug-likeness (QED) is 0.775. The number of nitrogens with zero attached hydrogens (tertiary/aromatic N) is 3. The number of ether oxygens (including phenoxy) is 3. The van der Waals surface area contributed by atoms with E-state index < -0.39 is 5.92 Å². The van der Waals surface area contributed by atoms with Gasteiger partial charge in [-0.1, -0.05) is 19.9 Å². The number of benzene rings is 1. The summed E-state index contributed by atoms with van der Waals surface area (Å²) in [4.78, 5) is 13.5. The number of nitriles is 1. The van der Waals surface area contributed by atoms with E-state index in [1.807, 2.05) is 23.2 Å². The van der Waals surface area contributed by atoms with Crippen molar-refractivity contribution in [3.05, 3.63) is 46.4 Å². The van der Waals surface area contributed by atoms with Crippen molar-refractivity contribution in [2.45, 2.75) is 32.6 Å². The van der Waals surface area contributed by atoms with Crippen LogP contribution in [0.15, 0.2) is 40.9 Å². The van der Waals surface area contributed by atoms with Crippen molar-refractivity contribution in [3.63, 3.8) is 0 Å². The molecular weight excluding hydrogens is 396 g/mol. The van der Waals surface area contributed by atoms with E-state index in [0.717, 1.165) is 11.3 Å². The molecule has 3 heterocycles. The maximum absolute atomic E-state index is 13.5. The van der Waals surface area contributed by atoms with Crippen LogP contribution < -0.4 is 15.2 Å². The Morgan fingerprint density at radius 2 is 1.90 bits per heavy atom. The van der Waals surface area contributed by atoms with Gasteiger partial charge in [0.2, 0.25) is 6.79 Å². The molecule has 1 aromatic rings. The molecule has 31 heavy (non-hydrogen) atoms. The maximum atomic E-state index is 13.5. The van der Waals surface area contributed by atoms with Gasteiger partial charge in [0.05, 0.1) is 30.8 Å². The number of nitrogens with two attached hydrogens (primary N) is 1. The zero-order valence-corrected chi connectivity index (χ0v) is 17.8. The average Bonchev–Trinajstić information content (AvgIpc) is 3.20. The Bertz CT molecular complexity index is 1050. The van der Waals surface area contributed by atoms with Gasteiger partial charge in [-0.2, -0.15) is 5.26 Å². The fourth-order valence-electron chi connectivity index (χ4n) is 4.99. The van der Waals surface area contributed by atoms with Crippen molar-refractivity contribution in [1.29, 1.82) is 5.26 Å². The molecule has 1 saturated heterocycles. The second kappa shape index (κ2) is 7.29. The molecule has 0 aromatic heterocycles. The highest BCUT2D eigenvalue weighted by Gasteiger charge is 2.46. The number of morpholine rings is 1. The summed E-state index contributed by atoms with van der Waals surface area (Å²) in [6.07, 6.45) is 1.13. The molecule has 5 rings (SSSR count). The molecule has 1 aromatic carbocycles. The standard InChI is InChI=1S/C23H26N4O4/c1-23(2)10-16-21(17(28)11-23)20(14-3-4-18-19(9-14)31-13-30-18)15(12-24)22(25)27(16)26-5-7-29-8-6-26/h3-4,9,20H,5-8,10-11,13,25H2,1-2H3. The largest absolute Gasteiger partial charge is 0.454 e. The zero-order chi connectivity index (χ0) is 21.8. The van der Waals surface area contributed by atoms with E-state index in [4.69, 9.17) is 19.9 Å². The third-order valence-corrected chi connectivity index (χ3v) is 6.35. The second-order valence-electron chi connectivity index (χ2n) is 9.14. The van der Waals surface area contributed by atoms with Gasteiger partial charge >= 0.3 is 0 Å². The highest BCUT2D eigenvalue weighted by Crippen LogP contribution is 2.50. The first-order chi connectivity index (χ1) is 14.9. The first kappa shape index (κ1) is 19.9. The summed E-state index contributed by atoms with van der Waals surface area (Å²) in [6.45, 7) is 6.83. The van der Waals surface area contributed by atoms with Crippen LogP contribution in [-0.4, -0.2) is 48.9 Å². The van der Waals surface area contributed by atoms with Gasteiger partial charge in [0, 0.05) is 30.8 Å². The molecule has 1 fully saturated rings. The van der Waals surface area contributed by atoms with Crippen LogP contribution in [0.2, 0.25) is 0 Å². The summed E-state index contributed by atoms with van der Waals surface area (Å²) in [7, 11) is 0. The lowest BCUT2D eigenvalue weighted by Crippen LogP contribution is -2.53. The minimum absolute atomic E-state index is 0.0624. The Labute approximate surface area is 181 Å². The summed E-state index contributed by atoms with van der Waals surface area (Å²) in [5.74, 6) is 1.21. The highest BCUT2D eigenvalue weighted by atomic mass is 16.7. The van der Waals surface area contributed by atoms with Gasteiger partial charge in [0.1, 0.15) is 5.82 Å². The Kier molecular flexibility index (Phi) is 4.68. The summed E-state index contributed by atoms with van der Waals surface area (Å²) in [6, 6.07) is 7.89. The van der Waals surface area contributed by atoms with E-state index in [1.54, 1.807) is 0 Å². The summed E-state index contributed by atoms with van der Waals surface area (Å²) < 4.78 is 16.5. The zero-order valence-electron chi connectivity index (χ0n) is 17.8. The molecule has 4 aliphatic rings. The number of rotatable bonds is 2. The molecule has 1 aliphatic carbocycles. The first-order valence-corrected chi connectivity index (χ1v) is 10.6. The van der Waals surface area contributed by atoms with Crippen LogP contribution in [0.3, 0.4) is 0 Å². The lowest BCUT2D eigenvalue weighted by Gasteiger charge is -2.48. The fourth-order valence-corrected chi connectivity index (χ4v) is 4.99. The number of ketones is 1. The van der Waals surface area contributed by atoms with E-state index in [-0.39, 0.29) is 18.0 Å². The molecule has 0 radical (unpaired) electrons. The normalized spacial score (nSPS) is 25.5. The van der Waals surface area contributed by atoms with E-state index in [9.17, 15) is 10.1 Å². The van der Waals surface area contributed by atoms with Crippen LogP contribution in [0.1, 0.15) is 38.2 Å². The summed E-state index contributed by atoms with van der Waals surface area (Å²) in [5, 5.41) is 14.1. The van der Waals surface area contributed by atoms with Crippen LogP contribution in [0.5, 0.6) is 11.5 Å². The molecule has 0 bridgehead atoms. The summed E-state index contributed by atoms with van der Waals surface area (Å²) >= 11 is 0. The number of carbonyl (C=O) groups is 1. The van der Waals surface area contributed by atoms with E-state index in [2.05, 4.69) is 24.9 Å². The second-order valence-corrected chi connectivity index (χ2v) is 9.14. The lowest BCUT2D eigenvalue weighted by atomic mass is 9.69. The molecule has 8 heteroatoms. The topological polar surface area (TPSA) is 101 Å². The Balaban J connectivity index is 1.69. The van der Waals surface area contributed by atoms with E-state index in [0.29, 0.717) is 67.6 Å². The van der Waals surface area contributed by atoms with Crippen LogP contribution in [0.25, 0.3) is 0 Å². The minimum atomic E-state index is -0.518. The molecule has 0 saturated carbocycles. The van der Waals surface area contributed by atoms with Gasteiger partial charge in [-0.25, -0.2) is 5.01 Å². The predicted octanol–water partition coefficient (Wildman–Crippen LogP) is 2.40. The van der Waals surface area contributed by atoms with Crippen molar-refractivity contribution < 1.29 is 19.0 Å². The Morgan fingerprint density at radius 3 is 2.65 bits per heavy atom. The smallest absolute Gasteiger partial charge is 0.231 e. The van der Waals surface area contributed by atoms with Crippen molar-refractivity contribution in [2.24, 2.45) is 11.1 Å². The van der Waals surface area contributed by atoms with Crippen molar-refractivity contribution in [3.8, 4) is 17.6 Å². The first-order valence-electron chi connectivity index (χ1n) is 10.6. The van der Waals surface area contributed by atoms with Gasteiger partial charge < -0.3 is 19.9 Å². The van der Waals surface area contributed by atoms with Crippen molar-refractivity contribution in [2.75, 3.05) is 33.1 Å². The Hall–Kier alpha value is -3.02. The highest BCUT2D eigenvalue weighted by molar-refractivity contribution is 6.00. The van der Waals surface area contributed by atoms with Crippen LogP contribution in [0, 0.1) is 16.7 Å². The minimum Gasteiger partial charge on any atom is -0.454 e. The number of hydrogen-bond acceptors (Lipinski definition) is 8. The monoisotopic (exact) mass is 422 g/mol. The average molecular weight is 422 g/mol. The third kappa shape index (κ3) is 3.25. The third-order valence-electron chi connectivity index (χ3n) is 6.35.